The molecule has 0 radical (unpaired) electrons. The van der Waals surface area contributed by atoms with Crippen LogP contribution in [0, 0.1) is 0 Å². The van der Waals surface area contributed by atoms with Gasteiger partial charge in [-0.05, 0) is 18.6 Å². The SMILES string of the molecule is CCCN(c1cccc(C(N)=O)c1Cl)S(=O)[O-]. The average molecular weight is 276 g/mol. The van der Waals surface area contributed by atoms with Crippen molar-refractivity contribution in [1.82, 2.24) is 0 Å². The molecule has 1 atom stereocenters. The lowest BCUT2D eigenvalue weighted by Gasteiger charge is -2.27. The molecular weight excluding hydrogens is 264 g/mol. The van der Waals surface area contributed by atoms with Gasteiger partial charge in [-0.3, -0.25) is 9.00 Å². The summed E-state index contributed by atoms with van der Waals surface area (Å²) >= 11 is 3.52. The highest BCUT2D eigenvalue weighted by atomic mass is 35.5. The molecule has 0 aliphatic heterocycles. The van der Waals surface area contributed by atoms with Gasteiger partial charge >= 0.3 is 0 Å². The molecule has 0 aliphatic carbocycles. The van der Waals surface area contributed by atoms with Gasteiger partial charge in [0.05, 0.1) is 16.3 Å². The van der Waals surface area contributed by atoms with Gasteiger partial charge in [0.1, 0.15) is 0 Å². The van der Waals surface area contributed by atoms with Crippen LogP contribution < -0.4 is 10.0 Å². The standard InChI is InChI=1S/C10H13ClN2O3S/c1-2-6-13(17(15)16)8-5-3-4-7(9(8)11)10(12)14/h3-5H,2,6H2,1H3,(H2,12,14)(H,15,16)/p-1. The number of primary amides is 1. The van der Waals surface area contributed by atoms with Crippen LogP contribution in [0.15, 0.2) is 18.2 Å². The number of benzene rings is 1. The number of hydrogen-bond acceptors (Lipinski definition) is 3. The van der Waals surface area contributed by atoms with E-state index in [4.69, 9.17) is 17.3 Å². The van der Waals surface area contributed by atoms with E-state index in [1.54, 1.807) is 0 Å². The van der Waals surface area contributed by atoms with Crippen LogP contribution in [0.25, 0.3) is 0 Å². The van der Waals surface area contributed by atoms with Crippen molar-refractivity contribution in [3.8, 4) is 0 Å². The zero-order valence-electron chi connectivity index (χ0n) is 9.18. The second kappa shape index (κ2) is 6.00. The summed E-state index contributed by atoms with van der Waals surface area (Å²) in [7, 11) is 0. The van der Waals surface area contributed by atoms with Crippen LogP contribution in [-0.2, 0) is 11.3 Å². The van der Waals surface area contributed by atoms with E-state index < -0.39 is 17.2 Å². The number of nitrogens with zero attached hydrogens (tertiary/aromatic N) is 1. The fourth-order valence-corrected chi connectivity index (χ4v) is 2.40. The van der Waals surface area contributed by atoms with Gasteiger partial charge in [0, 0.05) is 17.8 Å². The molecule has 1 rings (SSSR count). The summed E-state index contributed by atoms with van der Waals surface area (Å²) in [4.78, 5) is 11.1. The van der Waals surface area contributed by atoms with E-state index in [-0.39, 0.29) is 22.8 Å². The van der Waals surface area contributed by atoms with Crippen molar-refractivity contribution < 1.29 is 13.6 Å². The summed E-state index contributed by atoms with van der Waals surface area (Å²) in [5, 5.41) is 0.0534. The largest absolute Gasteiger partial charge is 0.755 e. The van der Waals surface area contributed by atoms with Gasteiger partial charge in [-0.2, -0.15) is 0 Å². The predicted molar refractivity (Wildman–Crippen MR) is 66.5 cm³/mol. The molecule has 5 nitrogen and oxygen atoms in total. The quantitative estimate of drug-likeness (QED) is 0.825. The predicted octanol–water partition coefficient (Wildman–Crippen LogP) is 1.45. The Bertz CT molecular complexity index is 453. The Labute approximate surface area is 107 Å². The minimum Gasteiger partial charge on any atom is -0.755 e. The van der Waals surface area contributed by atoms with E-state index in [0.29, 0.717) is 6.42 Å². The second-order valence-electron chi connectivity index (χ2n) is 3.32. The minimum absolute atomic E-state index is 0.0534. The molecule has 1 aromatic rings. The molecule has 2 N–H and O–H groups in total. The Kier molecular flexibility index (Phi) is 4.92. The van der Waals surface area contributed by atoms with Crippen molar-refractivity contribution in [1.29, 1.82) is 0 Å². The lowest BCUT2D eigenvalue weighted by molar-refractivity contribution is 0.100. The van der Waals surface area contributed by atoms with Crippen molar-refractivity contribution in [2.45, 2.75) is 13.3 Å². The molecule has 7 heteroatoms. The van der Waals surface area contributed by atoms with Crippen molar-refractivity contribution >= 4 is 34.5 Å². The highest BCUT2D eigenvalue weighted by molar-refractivity contribution is 7.80. The third kappa shape index (κ3) is 3.18. The third-order valence-electron chi connectivity index (χ3n) is 2.12. The fraction of sp³-hybridized carbons (Fsp3) is 0.300. The first-order valence-corrected chi connectivity index (χ1v) is 6.35. The molecule has 17 heavy (non-hydrogen) atoms. The van der Waals surface area contributed by atoms with Crippen molar-refractivity contribution in [2.24, 2.45) is 5.73 Å². The normalized spacial score (nSPS) is 12.2. The number of carbonyl (C=O) groups excluding carboxylic acids is 1. The molecule has 0 fully saturated rings. The topological polar surface area (TPSA) is 86.5 Å². The lowest BCUT2D eigenvalue weighted by Crippen LogP contribution is -2.27. The Morgan fingerprint density at radius 3 is 2.71 bits per heavy atom. The summed E-state index contributed by atoms with van der Waals surface area (Å²) < 4.78 is 23.2. The van der Waals surface area contributed by atoms with Gasteiger partial charge < -0.3 is 14.6 Å². The van der Waals surface area contributed by atoms with Crippen LogP contribution in [0.3, 0.4) is 0 Å². The summed E-state index contributed by atoms with van der Waals surface area (Å²) in [6, 6.07) is 4.52. The summed E-state index contributed by atoms with van der Waals surface area (Å²) in [6.45, 7) is 2.13. The van der Waals surface area contributed by atoms with Crippen molar-refractivity contribution in [2.75, 3.05) is 10.8 Å². The van der Waals surface area contributed by atoms with E-state index in [1.165, 1.54) is 18.2 Å². The molecule has 0 saturated heterocycles. The number of rotatable bonds is 5. The Balaban J connectivity index is 3.24. The van der Waals surface area contributed by atoms with Gasteiger partial charge in [0.2, 0.25) is 5.91 Å². The van der Waals surface area contributed by atoms with Crippen molar-refractivity contribution in [3.05, 3.63) is 28.8 Å². The maximum Gasteiger partial charge on any atom is 0.250 e. The van der Waals surface area contributed by atoms with Crippen LogP contribution in [0.4, 0.5) is 5.69 Å². The molecule has 0 saturated carbocycles. The first kappa shape index (κ1) is 14.0. The van der Waals surface area contributed by atoms with Crippen molar-refractivity contribution in [3.63, 3.8) is 0 Å². The zero-order chi connectivity index (χ0) is 13.0. The molecule has 1 amide bonds. The lowest BCUT2D eigenvalue weighted by atomic mass is 10.2. The number of halogens is 1. The number of amides is 1. The van der Waals surface area contributed by atoms with Gasteiger partial charge in [0.25, 0.3) is 0 Å². The number of hydrogen-bond donors (Lipinski definition) is 1. The molecule has 1 aromatic carbocycles. The first-order valence-electron chi connectivity index (χ1n) is 4.94. The minimum atomic E-state index is -2.44. The average Bonchev–Trinajstić information content (AvgIpc) is 2.26. The smallest absolute Gasteiger partial charge is 0.250 e. The molecule has 94 valence electrons. The fourth-order valence-electron chi connectivity index (χ4n) is 1.38. The Hall–Kier alpha value is -1.11. The van der Waals surface area contributed by atoms with E-state index in [0.717, 1.165) is 4.31 Å². The van der Waals surface area contributed by atoms with E-state index in [9.17, 15) is 13.6 Å². The van der Waals surface area contributed by atoms with Crippen LogP contribution in [0.2, 0.25) is 5.02 Å². The van der Waals surface area contributed by atoms with E-state index in [1.807, 2.05) is 6.92 Å². The van der Waals surface area contributed by atoms with Gasteiger partial charge in [-0.1, -0.05) is 24.6 Å². The molecule has 0 spiro atoms. The number of carbonyl (C=O) groups is 1. The first-order chi connectivity index (χ1) is 7.99. The van der Waals surface area contributed by atoms with Gasteiger partial charge in [0.15, 0.2) is 0 Å². The highest BCUT2D eigenvalue weighted by Gasteiger charge is 2.15. The molecule has 0 aliphatic rings. The molecule has 0 bridgehead atoms. The summed E-state index contributed by atoms with van der Waals surface area (Å²) in [6.07, 6.45) is 0.630. The molecule has 0 aromatic heterocycles. The van der Waals surface area contributed by atoms with E-state index in [2.05, 4.69) is 0 Å². The monoisotopic (exact) mass is 275 g/mol. The zero-order valence-corrected chi connectivity index (χ0v) is 10.8. The van der Waals surface area contributed by atoms with Crippen LogP contribution in [-0.4, -0.2) is 21.2 Å². The van der Waals surface area contributed by atoms with Crippen LogP contribution >= 0.6 is 11.6 Å². The van der Waals surface area contributed by atoms with Crippen LogP contribution in [0.5, 0.6) is 0 Å². The molecule has 1 unspecified atom stereocenters. The summed E-state index contributed by atoms with van der Waals surface area (Å²) in [5.41, 5.74) is 5.51. The third-order valence-corrected chi connectivity index (χ3v) is 3.26. The second-order valence-corrected chi connectivity index (χ2v) is 4.58. The maximum absolute atomic E-state index is 11.1. The Morgan fingerprint density at radius 2 is 2.24 bits per heavy atom. The number of nitrogens with two attached hydrogens (primary N) is 1. The maximum atomic E-state index is 11.1. The van der Waals surface area contributed by atoms with Gasteiger partial charge in [-0.15, -0.1) is 0 Å². The van der Waals surface area contributed by atoms with Crippen LogP contribution in [0.1, 0.15) is 23.7 Å². The highest BCUT2D eigenvalue weighted by Crippen LogP contribution is 2.29. The number of anilines is 1. The molecule has 0 heterocycles. The molecular formula is C10H12ClN2O3S-. The van der Waals surface area contributed by atoms with Gasteiger partial charge in [-0.25, -0.2) is 0 Å². The van der Waals surface area contributed by atoms with E-state index >= 15 is 0 Å². The summed E-state index contributed by atoms with van der Waals surface area (Å²) in [5.74, 6) is -0.690. The Morgan fingerprint density at radius 1 is 1.59 bits per heavy atom.